The third-order valence-corrected chi connectivity index (χ3v) is 3.46. The molecular weight excluding hydrogens is 266 g/mol. The van der Waals surface area contributed by atoms with E-state index < -0.39 is 5.97 Å². The fourth-order valence-electron chi connectivity index (χ4n) is 2.44. The number of amides is 1. The number of allylic oxidation sites excluding steroid dienone is 1. The van der Waals surface area contributed by atoms with Gasteiger partial charge in [-0.15, -0.1) is 0 Å². The lowest BCUT2D eigenvalue weighted by Crippen LogP contribution is -2.25. The van der Waals surface area contributed by atoms with Crippen molar-refractivity contribution in [3.05, 3.63) is 52.7 Å². The quantitative estimate of drug-likeness (QED) is 0.631. The third kappa shape index (κ3) is 2.89. The van der Waals surface area contributed by atoms with E-state index in [1.165, 1.54) is 7.11 Å². The van der Waals surface area contributed by atoms with Crippen LogP contribution in [0, 0.1) is 0 Å². The summed E-state index contributed by atoms with van der Waals surface area (Å²) in [6.45, 7) is 4.38. The molecule has 0 aliphatic carbocycles. The molecule has 1 heterocycles. The Morgan fingerprint density at radius 1 is 1.29 bits per heavy atom. The van der Waals surface area contributed by atoms with Crippen molar-refractivity contribution in [2.24, 2.45) is 0 Å². The van der Waals surface area contributed by atoms with Gasteiger partial charge in [-0.25, -0.2) is 4.79 Å². The first kappa shape index (κ1) is 15.0. The molecule has 1 aliphatic heterocycles. The molecular formula is C17H19NO3. The van der Waals surface area contributed by atoms with E-state index in [1.54, 1.807) is 17.9 Å². The molecule has 1 amide bonds. The van der Waals surface area contributed by atoms with Gasteiger partial charge in [0.15, 0.2) is 0 Å². The topological polar surface area (TPSA) is 46.6 Å². The first-order valence-electron chi connectivity index (χ1n) is 6.98. The van der Waals surface area contributed by atoms with Crippen LogP contribution in [0.15, 0.2) is 47.2 Å². The molecule has 1 aromatic carbocycles. The number of hydrogen-bond donors (Lipinski definition) is 0. The summed E-state index contributed by atoms with van der Waals surface area (Å²) < 4.78 is 4.83. The van der Waals surface area contributed by atoms with Crippen LogP contribution in [0.5, 0.6) is 0 Å². The number of esters is 1. The second-order valence-corrected chi connectivity index (χ2v) is 4.88. The van der Waals surface area contributed by atoms with Crippen LogP contribution in [0.25, 0.3) is 6.08 Å². The van der Waals surface area contributed by atoms with Gasteiger partial charge in [0.1, 0.15) is 0 Å². The van der Waals surface area contributed by atoms with E-state index in [0.29, 0.717) is 23.4 Å². The second kappa shape index (κ2) is 6.39. The molecule has 1 aromatic rings. The summed E-state index contributed by atoms with van der Waals surface area (Å²) in [6, 6.07) is 9.48. The van der Waals surface area contributed by atoms with E-state index in [2.05, 4.69) is 0 Å². The molecule has 2 rings (SSSR count). The van der Waals surface area contributed by atoms with E-state index in [9.17, 15) is 9.59 Å². The smallest absolute Gasteiger partial charge is 0.340 e. The highest BCUT2D eigenvalue weighted by atomic mass is 16.5. The van der Waals surface area contributed by atoms with Gasteiger partial charge < -0.3 is 9.64 Å². The van der Waals surface area contributed by atoms with E-state index in [0.717, 1.165) is 12.0 Å². The van der Waals surface area contributed by atoms with E-state index in [1.807, 2.05) is 37.3 Å². The maximum atomic E-state index is 12.5. The van der Waals surface area contributed by atoms with Crippen molar-refractivity contribution < 1.29 is 14.3 Å². The molecule has 0 saturated carbocycles. The molecule has 4 nitrogen and oxygen atoms in total. The Balaban J connectivity index is 2.50. The van der Waals surface area contributed by atoms with Gasteiger partial charge >= 0.3 is 5.97 Å². The van der Waals surface area contributed by atoms with Crippen molar-refractivity contribution in [3.8, 4) is 0 Å². The number of rotatable bonds is 4. The minimum atomic E-state index is -0.471. The zero-order valence-corrected chi connectivity index (χ0v) is 12.6. The number of ether oxygens (including phenoxy) is 1. The number of hydrogen-bond acceptors (Lipinski definition) is 3. The molecule has 1 aliphatic rings. The number of carbonyl (C=O) groups excluding carboxylic acids is 2. The fraction of sp³-hybridized carbons (Fsp3) is 0.294. The maximum absolute atomic E-state index is 12.5. The summed E-state index contributed by atoms with van der Waals surface area (Å²) in [6.07, 6.45) is 2.57. The van der Waals surface area contributed by atoms with Gasteiger partial charge in [0, 0.05) is 12.2 Å². The van der Waals surface area contributed by atoms with Crippen molar-refractivity contribution in [2.45, 2.75) is 20.3 Å². The van der Waals surface area contributed by atoms with E-state index in [-0.39, 0.29) is 5.91 Å². The van der Waals surface area contributed by atoms with Gasteiger partial charge in [-0.05, 0) is 25.0 Å². The largest absolute Gasteiger partial charge is 0.465 e. The molecule has 4 heteroatoms. The van der Waals surface area contributed by atoms with Gasteiger partial charge in [0.25, 0.3) is 5.91 Å². The first-order chi connectivity index (χ1) is 10.1. The zero-order valence-electron chi connectivity index (χ0n) is 12.6. The molecule has 0 spiro atoms. The molecule has 0 atom stereocenters. The molecule has 110 valence electrons. The number of methoxy groups -OCH3 is 1. The van der Waals surface area contributed by atoms with Crippen LogP contribution in [0.3, 0.4) is 0 Å². The summed E-state index contributed by atoms with van der Waals surface area (Å²) >= 11 is 0. The van der Waals surface area contributed by atoms with Crippen molar-refractivity contribution in [2.75, 3.05) is 13.7 Å². The van der Waals surface area contributed by atoms with E-state index in [4.69, 9.17) is 4.74 Å². The van der Waals surface area contributed by atoms with Gasteiger partial charge in [0.2, 0.25) is 0 Å². The maximum Gasteiger partial charge on any atom is 0.340 e. The van der Waals surface area contributed by atoms with Crippen LogP contribution in [-0.2, 0) is 14.3 Å². The lowest BCUT2D eigenvalue weighted by molar-refractivity contribution is -0.136. The Morgan fingerprint density at radius 2 is 1.95 bits per heavy atom. The van der Waals surface area contributed by atoms with Gasteiger partial charge in [0.05, 0.1) is 18.3 Å². The second-order valence-electron chi connectivity index (χ2n) is 4.88. The van der Waals surface area contributed by atoms with Crippen molar-refractivity contribution >= 4 is 18.0 Å². The highest BCUT2D eigenvalue weighted by Crippen LogP contribution is 2.31. The number of carbonyl (C=O) groups is 2. The summed E-state index contributed by atoms with van der Waals surface area (Å²) in [4.78, 5) is 26.2. The normalized spacial score (nSPS) is 16.8. The molecule has 0 saturated heterocycles. The summed E-state index contributed by atoms with van der Waals surface area (Å²) in [5.74, 6) is -0.611. The Morgan fingerprint density at radius 3 is 2.52 bits per heavy atom. The van der Waals surface area contributed by atoms with Crippen molar-refractivity contribution in [1.29, 1.82) is 0 Å². The summed E-state index contributed by atoms with van der Waals surface area (Å²) in [7, 11) is 1.33. The highest BCUT2D eigenvalue weighted by Gasteiger charge is 2.36. The minimum absolute atomic E-state index is 0.140. The van der Waals surface area contributed by atoms with Gasteiger partial charge in [-0.1, -0.05) is 37.3 Å². The predicted molar refractivity (Wildman–Crippen MR) is 81.1 cm³/mol. The van der Waals surface area contributed by atoms with Crippen molar-refractivity contribution in [3.63, 3.8) is 0 Å². The minimum Gasteiger partial charge on any atom is -0.465 e. The van der Waals surface area contributed by atoms with Crippen LogP contribution in [0.4, 0.5) is 0 Å². The molecule has 0 unspecified atom stereocenters. The Hall–Kier alpha value is -2.36. The average molecular weight is 285 g/mol. The average Bonchev–Trinajstić information content (AvgIpc) is 2.73. The number of nitrogens with zero attached hydrogens (tertiary/aromatic N) is 1. The fourth-order valence-corrected chi connectivity index (χ4v) is 2.44. The zero-order chi connectivity index (χ0) is 15.4. The Kier molecular flexibility index (Phi) is 4.58. The Bertz CT molecular complexity index is 614. The predicted octanol–water partition coefficient (Wildman–Crippen LogP) is 2.77. The van der Waals surface area contributed by atoms with Crippen LogP contribution >= 0.6 is 0 Å². The highest BCUT2D eigenvalue weighted by molar-refractivity contribution is 6.16. The SMILES string of the molecule is CCCN1C(=O)/C(=C\c2ccccc2)C(C(=O)OC)=C1C. The lowest BCUT2D eigenvalue weighted by atomic mass is 10.0. The monoisotopic (exact) mass is 285 g/mol. The van der Waals surface area contributed by atoms with E-state index >= 15 is 0 Å². The van der Waals surface area contributed by atoms with Crippen LogP contribution in [0.2, 0.25) is 0 Å². The summed E-state index contributed by atoms with van der Waals surface area (Å²) in [5.41, 5.74) is 2.31. The molecule has 0 N–H and O–H groups in total. The standard InChI is InChI=1S/C17H19NO3/c1-4-10-18-12(2)15(17(20)21-3)14(16(18)19)11-13-8-6-5-7-9-13/h5-9,11H,4,10H2,1-3H3/b14-11-. The van der Waals surface area contributed by atoms with Gasteiger partial charge in [-0.2, -0.15) is 0 Å². The summed E-state index contributed by atoms with van der Waals surface area (Å²) in [5, 5.41) is 0. The molecule has 0 bridgehead atoms. The third-order valence-electron chi connectivity index (χ3n) is 3.46. The van der Waals surface area contributed by atoms with Gasteiger partial charge in [-0.3, -0.25) is 4.79 Å². The molecule has 0 aromatic heterocycles. The van der Waals surface area contributed by atoms with Crippen LogP contribution in [0.1, 0.15) is 25.8 Å². The first-order valence-corrected chi connectivity index (χ1v) is 6.98. The molecule has 0 fully saturated rings. The lowest BCUT2D eigenvalue weighted by Gasteiger charge is -2.16. The van der Waals surface area contributed by atoms with Crippen LogP contribution < -0.4 is 0 Å². The number of benzene rings is 1. The molecule has 21 heavy (non-hydrogen) atoms. The van der Waals surface area contributed by atoms with Crippen molar-refractivity contribution in [1.82, 2.24) is 4.90 Å². The van der Waals surface area contributed by atoms with Crippen LogP contribution in [-0.4, -0.2) is 30.4 Å². The molecule has 0 radical (unpaired) electrons. The Labute approximate surface area is 124 Å².